The number of carbonyl (C=O) groups excluding carboxylic acids is 1. The van der Waals surface area contributed by atoms with Gasteiger partial charge in [-0.25, -0.2) is 4.39 Å². The summed E-state index contributed by atoms with van der Waals surface area (Å²) in [4.78, 5) is 21.7. The number of esters is 1. The Morgan fingerprint density at radius 1 is 1.28 bits per heavy atom. The molecule has 2 atom stereocenters. The number of unbranched alkanes of at least 4 members (excludes halogenated alkanes) is 4. The van der Waals surface area contributed by atoms with Gasteiger partial charge >= 0.3 is 11.9 Å². The van der Waals surface area contributed by atoms with Crippen molar-refractivity contribution in [1.29, 1.82) is 0 Å². The maximum absolute atomic E-state index is 14.2. The third-order valence-electron chi connectivity index (χ3n) is 4.00. The van der Waals surface area contributed by atoms with Crippen LogP contribution in [0.15, 0.2) is 12.2 Å². The van der Waals surface area contributed by atoms with E-state index in [1.165, 1.54) is 7.11 Å². The molecule has 1 aliphatic rings. The fourth-order valence-corrected chi connectivity index (χ4v) is 2.58. The first-order chi connectivity index (χ1) is 11.5. The van der Waals surface area contributed by atoms with Crippen molar-refractivity contribution in [3.8, 4) is 0 Å². The van der Waals surface area contributed by atoms with Crippen molar-refractivity contribution in [1.82, 2.24) is 5.32 Å². The van der Waals surface area contributed by atoms with Crippen molar-refractivity contribution in [2.45, 2.75) is 56.7 Å². The summed E-state index contributed by atoms with van der Waals surface area (Å²) in [6.45, 7) is 0.243. The monoisotopic (exact) mass is 381 g/mol. The predicted molar refractivity (Wildman–Crippen MR) is 94.8 cm³/mol. The molecule has 6 nitrogen and oxygen atoms in total. The molecule has 146 valence electrons. The van der Waals surface area contributed by atoms with Crippen LogP contribution in [-0.2, 0) is 19.1 Å². The van der Waals surface area contributed by atoms with Crippen molar-refractivity contribution in [3.63, 3.8) is 0 Å². The summed E-state index contributed by atoms with van der Waals surface area (Å²) in [7, 11) is 1.40. The van der Waals surface area contributed by atoms with Crippen molar-refractivity contribution in [2.75, 3.05) is 26.9 Å². The fraction of sp³-hybridized carbons (Fsp3) is 0.765. The number of ether oxygens (including phenoxy) is 2. The van der Waals surface area contributed by atoms with Crippen LogP contribution in [0, 0.1) is 0 Å². The first kappa shape index (κ1) is 23.8. The van der Waals surface area contributed by atoms with E-state index in [4.69, 9.17) is 9.84 Å². The van der Waals surface area contributed by atoms with Gasteiger partial charge in [-0.3, -0.25) is 9.59 Å². The lowest BCUT2D eigenvalue weighted by atomic mass is 10.0. The number of carboxylic acid groups (broad SMARTS) is 1. The summed E-state index contributed by atoms with van der Waals surface area (Å²) in [6.07, 6.45) is 9.14. The molecule has 0 aromatic rings. The molecule has 0 amide bonds. The molecular formula is C17H29ClFNO5. The Hall–Kier alpha value is -1.18. The molecule has 0 aromatic heterocycles. The van der Waals surface area contributed by atoms with Gasteiger partial charge in [-0.1, -0.05) is 25.0 Å². The van der Waals surface area contributed by atoms with Crippen molar-refractivity contribution in [3.05, 3.63) is 12.2 Å². The topological polar surface area (TPSA) is 84.9 Å². The maximum Gasteiger partial charge on any atom is 0.320 e. The van der Waals surface area contributed by atoms with Crippen LogP contribution < -0.4 is 5.32 Å². The molecule has 0 radical (unpaired) electrons. The Balaban J connectivity index is 0.00000576. The largest absolute Gasteiger partial charge is 0.480 e. The van der Waals surface area contributed by atoms with E-state index in [2.05, 4.69) is 10.1 Å². The van der Waals surface area contributed by atoms with Gasteiger partial charge < -0.3 is 19.9 Å². The lowest BCUT2D eigenvalue weighted by Crippen LogP contribution is -2.31. The first-order valence-corrected chi connectivity index (χ1v) is 8.41. The summed E-state index contributed by atoms with van der Waals surface area (Å²) in [6, 6.07) is -0.826. The summed E-state index contributed by atoms with van der Waals surface area (Å²) in [5, 5.41) is 11.5. The van der Waals surface area contributed by atoms with Gasteiger partial charge in [0.25, 0.3) is 0 Å². The molecule has 0 aliphatic carbocycles. The van der Waals surface area contributed by atoms with E-state index >= 15 is 0 Å². The summed E-state index contributed by atoms with van der Waals surface area (Å²) in [5.41, 5.74) is -1.60. The number of rotatable bonds is 12. The van der Waals surface area contributed by atoms with Gasteiger partial charge in [0.05, 0.1) is 20.3 Å². The van der Waals surface area contributed by atoms with Gasteiger partial charge in [-0.05, 0) is 19.3 Å². The van der Waals surface area contributed by atoms with Gasteiger partial charge in [0.2, 0.25) is 0 Å². The van der Waals surface area contributed by atoms with Crippen LogP contribution in [0.4, 0.5) is 4.39 Å². The minimum Gasteiger partial charge on any atom is -0.480 e. The van der Waals surface area contributed by atoms with Crippen LogP contribution in [0.1, 0.15) is 44.9 Å². The number of hydrogen-bond donors (Lipinski definition) is 2. The van der Waals surface area contributed by atoms with E-state index in [0.29, 0.717) is 13.0 Å². The number of aliphatic carboxylic acids is 1. The highest BCUT2D eigenvalue weighted by atomic mass is 35.5. The standard InChI is InChI=1S/C17H28FNO5.ClH/c1-23-15(20)9-7-5-3-2-4-6-8-10-24-13-17(18)11-14(16(21)22)19-12-17;/h6,8,14,19H,2-5,7,9-13H2,1H3,(H,21,22);1H/b8-6+;/t14-,17+;/m0./s1. The maximum atomic E-state index is 14.2. The molecule has 0 unspecified atom stereocenters. The SMILES string of the molecule is COC(=O)CCCCCC/C=C/COC[C@]1(F)CN[C@H](C(=O)O)C1.Cl. The summed E-state index contributed by atoms with van der Waals surface area (Å²) < 4.78 is 24.1. The smallest absolute Gasteiger partial charge is 0.320 e. The van der Waals surface area contributed by atoms with Crippen LogP contribution in [-0.4, -0.2) is 55.6 Å². The van der Waals surface area contributed by atoms with Crippen LogP contribution in [0.3, 0.4) is 0 Å². The van der Waals surface area contributed by atoms with E-state index in [1.54, 1.807) is 0 Å². The second-order valence-electron chi connectivity index (χ2n) is 6.14. The molecule has 1 rings (SSSR count). The highest BCUT2D eigenvalue weighted by Gasteiger charge is 2.42. The molecule has 0 spiro atoms. The Labute approximate surface area is 154 Å². The zero-order chi connectivity index (χ0) is 17.8. The molecule has 0 saturated carbocycles. The van der Waals surface area contributed by atoms with Crippen LogP contribution >= 0.6 is 12.4 Å². The molecule has 8 heteroatoms. The first-order valence-electron chi connectivity index (χ1n) is 8.41. The molecule has 0 aromatic carbocycles. The molecule has 2 N–H and O–H groups in total. The van der Waals surface area contributed by atoms with Gasteiger partial charge in [-0.2, -0.15) is 0 Å². The lowest BCUT2D eigenvalue weighted by molar-refractivity contribution is -0.141. The molecule has 1 aliphatic heterocycles. The Bertz CT molecular complexity index is 435. The van der Waals surface area contributed by atoms with E-state index in [9.17, 15) is 14.0 Å². The number of nitrogens with one attached hydrogen (secondary N) is 1. The van der Waals surface area contributed by atoms with E-state index in [1.807, 2.05) is 12.2 Å². The molecule has 1 saturated heterocycles. The van der Waals surface area contributed by atoms with Gasteiger partial charge in [0, 0.05) is 19.4 Å². The number of alkyl halides is 1. The van der Waals surface area contributed by atoms with Crippen LogP contribution in [0.25, 0.3) is 0 Å². The lowest BCUT2D eigenvalue weighted by Gasteiger charge is -2.17. The summed E-state index contributed by atoms with van der Waals surface area (Å²) >= 11 is 0. The Morgan fingerprint density at radius 3 is 2.64 bits per heavy atom. The second kappa shape index (κ2) is 13.1. The van der Waals surface area contributed by atoms with E-state index < -0.39 is 17.7 Å². The Kier molecular flexibility index (Phi) is 12.5. The normalized spacial score (nSPS) is 22.7. The zero-order valence-corrected chi connectivity index (χ0v) is 15.5. The fourth-order valence-electron chi connectivity index (χ4n) is 2.58. The number of carboxylic acids is 1. The van der Waals surface area contributed by atoms with Gasteiger partial charge in [0.15, 0.2) is 0 Å². The number of allylic oxidation sites excluding steroid dienone is 1. The molecule has 0 bridgehead atoms. The van der Waals surface area contributed by atoms with Crippen molar-refractivity contribution < 1.29 is 28.6 Å². The van der Waals surface area contributed by atoms with Crippen molar-refractivity contribution >= 4 is 24.3 Å². The second-order valence-corrected chi connectivity index (χ2v) is 6.14. The highest BCUT2D eigenvalue weighted by Crippen LogP contribution is 2.24. The third kappa shape index (κ3) is 10.4. The highest BCUT2D eigenvalue weighted by molar-refractivity contribution is 5.85. The van der Waals surface area contributed by atoms with Gasteiger partial charge in [0.1, 0.15) is 11.7 Å². The van der Waals surface area contributed by atoms with Gasteiger partial charge in [-0.15, -0.1) is 12.4 Å². The quantitative estimate of drug-likeness (QED) is 0.307. The minimum absolute atomic E-state index is 0. The minimum atomic E-state index is -1.60. The average molecular weight is 382 g/mol. The van der Waals surface area contributed by atoms with Crippen LogP contribution in [0.5, 0.6) is 0 Å². The third-order valence-corrected chi connectivity index (χ3v) is 4.00. The Morgan fingerprint density at radius 2 is 2.00 bits per heavy atom. The predicted octanol–water partition coefficient (Wildman–Crippen LogP) is 2.65. The van der Waals surface area contributed by atoms with E-state index in [-0.39, 0.29) is 37.9 Å². The number of carbonyl (C=O) groups is 2. The summed E-state index contributed by atoms with van der Waals surface area (Å²) in [5.74, 6) is -1.19. The number of halogens is 2. The van der Waals surface area contributed by atoms with Crippen molar-refractivity contribution in [2.24, 2.45) is 0 Å². The number of hydrogen-bond acceptors (Lipinski definition) is 5. The zero-order valence-electron chi connectivity index (χ0n) is 14.7. The average Bonchev–Trinajstić information content (AvgIpc) is 2.95. The van der Waals surface area contributed by atoms with E-state index in [0.717, 1.165) is 32.1 Å². The number of methoxy groups -OCH3 is 1. The molecular weight excluding hydrogens is 353 g/mol. The molecule has 1 fully saturated rings. The van der Waals surface area contributed by atoms with Crippen LogP contribution in [0.2, 0.25) is 0 Å². The molecule has 25 heavy (non-hydrogen) atoms. The molecule has 1 heterocycles.